The topological polar surface area (TPSA) is 64.0 Å². The number of aromatic nitrogens is 2. The third-order valence-electron chi connectivity index (χ3n) is 5.04. The predicted molar refractivity (Wildman–Crippen MR) is 108 cm³/mol. The van der Waals surface area contributed by atoms with Crippen LogP contribution in [0.5, 0.6) is 0 Å². The number of benzene rings is 2. The Hall–Kier alpha value is -3.16. The first kappa shape index (κ1) is 21.5. The number of amides is 1. The number of nitrogens with one attached hydrogen (secondary N) is 1. The molecule has 0 fully saturated rings. The molecule has 158 valence electrons. The number of hydrogen-bond acceptors (Lipinski definition) is 3. The number of carbonyl (C=O) groups excluding carboxylic acids is 1. The second-order valence-corrected chi connectivity index (χ2v) is 7.83. The first-order valence-corrected chi connectivity index (χ1v) is 9.40. The minimum Gasteiger partial charge on any atom is -0.354 e. The summed E-state index contributed by atoms with van der Waals surface area (Å²) in [7, 11) is 0. The molecular weight excluding hydrogens is 395 g/mol. The van der Waals surface area contributed by atoms with Crippen molar-refractivity contribution in [3.05, 3.63) is 75.7 Å². The van der Waals surface area contributed by atoms with E-state index >= 15 is 0 Å². The molecule has 5 nitrogen and oxygen atoms in total. The van der Waals surface area contributed by atoms with E-state index in [1.54, 1.807) is 45.0 Å². The number of fused-ring (bicyclic) bond motifs is 1. The molecule has 1 N–H and O–H groups in total. The van der Waals surface area contributed by atoms with Crippen LogP contribution in [0.15, 0.2) is 53.3 Å². The van der Waals surface area contributed by atoms with Gasteiger partial charge in [-0.25, -0.2) is 4.68 Å². The van der Waals surface area contributed by atoms with Crippen molar-refractivity contribution in [1.82, 2.24) is 15.1 Å². The lowest BCUT2D eigenvalue weighted by atomic mass is 9.83. The summed E-state index contributed by atoms with van der Waals surface area (Å²) in [6.07, 6.45) is -4.43. The summed E-state index contributed by atoms with van der Waals surface area (Å²) >= 11 is 0. The van der Waals surface area contributed by atoms with Crippen LogP contribution in [0.1, 0.15) is 30.7 Å². The molecule has 0 radical (unpaired) electrons. The second-order valence-electron chi connectivity index (χ2n) is 7.83. The van der Waals surface area contributed by atoms with Crippen molar-refractivity contribution in [1.29, 1.82) is 0 Å². The van der Waals surface area contributed by atoms with Crippen LogP contribution in [0.2, 0.25) is 0 Å². The van der Waals surface area contributed by atoms with Crippen molar-refractivity contribution in [3.63, 3.8) is 0 Å². The van der Waals surface area contributed by atoms with E-state index < -0.39 is 23.1 Å². The van der Waals surface area contributed by atoms with Gasteiger partial charge in [0.05, 0.1) is 16.6 Å². The fourth-order valence-corrected chi connectivity index (χ4v) is 3.24. The Labute approximate surface area is 171 Å². The summed E-state index contributed by atoms with van der Waals surface area (Å²) in [5.41, 5.74) is -0.767. The van der Waals surface area contributed by atoms with E-state index in [-0.39, 0.29) is 18.6 Å². The van der Waals surface area contributed by atoms with Crippen LogP contribution in [0.4, 0.5) is 13.2 Å². The maximum Gasteiger partial charge on any atom is 0.416 e. The fourth-order valence-electron chi connectivity index (χ4n) is 3.24. The number of aryl methyl sites for hydroxylation is 1. The minimum atomic E-state index is -4.43. The van der Waals surface area contributed by atoms with Crippen LogP contribution in [0.3, 0.4) is 0 Å². The Balaban J connectivity index is 1.74. The van der Waals surface area contributed by atoms with E-state index in [2.05, 4.69) is 10.4 Å². The zero-order valence-corrected chi connectivity index (χ0v) is 16.9. The molecule has 0 atom stereocenters. The second kappa shape index (κ2) is 7.93. The van der Waals surface area contributed by atoms with E-state index in [0.717, 1.165) is 22.2 Å². The monoisotopic (exact) mass is 417 g/mol. The van der Waals surface area contributed by atoms with Gasteiger partial charge < -0.3 is 5.32 Å². The van der Waals surface area contributed by atoms with Crippen LogP contribution in [-0.4, -0.2) is 22.2 Å². The standard InChI is InChI=1S/C22H22F3N3O2/c1-14-17-9-4-5-10-18(17)20(30)28(27-14)12-19(29)26-13-21(2,3)15-7-6-8-16(11-15)22(23,24)25/h4-11H,12-13H2,1-3H3,(H,26,29). The molecule has 0 saturated heterocycles. The molecule has 0 aliphatic carbocycles. The van der Waals surface area contributed by atoms with Gasteiger partial charge in [-0.2, -0.15) is 18.3 Å². The molecule has 3 rings (SSSR count). The van der Waals surface area contributed by atoms with Crippen LogP contribution in [-0.2, 0) is 22.9 Å². The number of carbonyl (C=O) groups is 1. The SMILES string of the molecule is Cc1nn(CC(=O)NCC(C)(C)c2cccc(C(F)(F)F)c2)c(=O)c2ccccc12. The largest absolute Gasteiger partial charge is 0.416 e. The third-order valence-corrected chi connectivity index (χ3v) is 5.04. The first-order valence-electron chi connectivity index (χ1n) is 9.40. The van der Waals surface area contributed by atoms with Crippen molar-refractivity contribution in [2.45, 2.75) is 38.9 Å². The molecule has 2 aromatic carbocycles. The molecule has 1 heterocycles. The van der Waals surface area contributed by atoms with Gasteiger partial charge >= 0.3 is 6.18 Å². The molecule has 0 spiro atoms. The van der Waals surface area contributed by atoms with Crippen molar-refractivity contribution >= 4 is 16.7 Å². The highest BCUT2D eigenvalue weighted by molar-refractivity contribution is 5.83. The van der Waals surface area contributed by atoms with Crippen LogP contribution in [0.25, 0.3) is 10.8 Å². The molecule has 3 aromatic rings. The van der Waals surface area contributed by atoms with Gasteiger partial charge in [-0.1, -0.05) is 50.2 Å². The van der Waals surface area contributed by atoms with Gasteiger partial charge in [0.1, 0.15) is 6.54 Å². The molecule has 0 aliphatic rings. The minimum absolute atomic E-state index is 0.106. The smallest absolute Gasteiger partial charge is 0.354 e. The number of alkyl halides is 3. The number of rotatable bonds is 5. The van der Waals surface area contributed by atoms with Crippen molar-refractivity contribution in [2.24, 2.45) is 0 Å². The van der Waals surface area contributed by atoms with Crippen molar-refractivity contribution in [3.8, 4) is 0 Å². The number of halogens is 3. The van der Waals surface area contributed by atoms with Crippen LogP contribution >= 0.6 is 0 Å². The Kier molecular flexibility index (Phi) is 5.70. The first-order chi connectivity index (χ1) is 14.0. The summed E-state index contributed by atoms with van der Waals surface area (Å²) in [5.74, 6) is -0.445. The normalized spacial score (nSPS) is 12.2. The molecule has 8 heteroatoms. The summed E-state index contributed by atoms with van der Waals surface area (Å²) in [4.78, 5) is 25.0. The van der Waals surface area contributed by atoms with Crippen LogP contribution in [0, 0.1) is 6.92 Å². The van der Waals surface area contributed by atoms with Crippen LogP contribution < -0.4 is 10.9 Å². The van der Waals surface area contributed by atoms with Crippen molar-refractivity contribution < 1.29 is 18.0 Å². The molecule has 0 aliphatic heterocycles. The van der Waals surface area contributed by atoms with Crippen molar-refractivity contribution in [2.75, 3.05) is 6.54 Å². The van der Waals surface area contributed by atoms with Gasteiger partial charge in [0.2, 0.25) is 5.91 Å². The van der Waals surface area contributed by atoms with Gasteiger partial charge in [-0.15, -0.1) is 0 Å². The van der Waals surface area contributed by atoms with Gasteiger partial charge in [-0.05, 0) is 24.6 Å². The lowest BCUT2D eigenvalue weighted by Crippen LogP contribution is -2.40. The number of hydrogen-bond donors (Lipinski definition) is 1. The fraction of sp³-hybridized carbons (Fsp3) is 0.318. The third kappa shape index (κ3) is 4.53. The summed E-state index contributed by atoms with van der Waals surface area (Å²) in [5, 5.41) is 8.10. The lowest BCUT2D eigenvalue weighted by molar-refractivity contribution is -0.137. The van der Waals surface area contributed by atoms with E-state index in [9.17, 15) is 22.8 Å². The van der Waals surface area contributed by atoms with Gasteiger partial charge in [-0.3, -0.25) is 9.59 Å². The summed E-state index contributed by atoms with van der Waals surface area (Å²) < 4.78 is 40.1. The molecule has 0 unspecified atom stereocenters. The van der Waals surface area contributed by atoms with Gasteiger partial charge in [0.15, 0.2) is 0 Å². The van der Waals surface area contributed by atoms with E-state index in [0.29, 0.717) is 16.6 Å². The van der Waals surface area contributed by atoms with E-state index in [1.807, 2.05) is 6.07 Å². The zero-order valence-electron chi connectivity index (χ0n) is 16.9. The molecule has 30 heavy (non-hydrogen) atoms. The molecule has 1 aromatic heterocycles. The molecule has 0 saturated carbocycles. The highest BCUT2D eigenvalue weighted by Crippen LogP contribution is 2.32. The molecular formula is C22H22F3N3O2. The lowest BCUT2D eigenvalue weighted by Gasteiger charge is -2.26. The maximum atomic E-state index is 13.0. The average molecular weight is 417 g/mol. The van der Waals surface area contributed by atoms with E-state index in [4.69, 9.17) is 0 Å². The maximum absolute atomic E-state index is 13.0. The Morgan fingerprint density at radius 1 is 1.03 bits per heavy atom. The predicted octanol–water partition coefficient (Wildman–Crippen LogP) is 3.82. The van der Waals surface area contributed by atoms with Gasteiger partial charge in [0.25, 0.3) is 5.56 Å². The Morgan fingerprint density at radius 2 is 1.67 bits per heavy atom. The highest BCUT2D eigenvalue weighted by Gasteiger charge is 2.32. The average Bonchev–Trinajstić information content (AvgIpc) is 2.70. The summed E-state index contributed by atoms with van der Waals surface area (Å²) in [6.45, 7) is 5.07. The molecule has 0 bridgehead atoms. The summed E-state index contributed by atoms with van der Waals surface area (Å²) in [6, 6.07) is 12.1. The van der Waals surface area contributed by atoms with Gasteiger partial charge in [0, 0.05) is 17.3 Å². The Morgan fingerprint density at radius 3 is 2.33 bits per heavy atom. The molecule has 1 amide bonds. The van der Waals surface area contributed by atoms with E-state index in [1.165, 1.54) is 6.07 Å². The Bertz CT molecular complexity index is 1150. The zero-order chi connectivity index (χ0) is 22.1. The number of nitrogens with zero attached hydrogens (tertiary/aromatic N) is 2. The quantitative estimate of drug-likeness (QED) is 0.687. The highest BCUT2D eigenvalue weighted by atomic mass is 19.4.